The van der Waals surface area contributed by atoms with E-state index >= 15 is 0 Å². The molecule has 3 nitrogen and oxygen atoms in total. The summed E-state index contributed by atoms with van der Waals surface area (Å²) in [6.45, 7) is 0. The van der Waals surface area contributed by atoms with Gasteiger partial charge in [0.05, 0.1) is 11.1 Å². The van der Waals surface area contributed by atoms with Crippen molar-refractivity contribution in [2.24, 2.45) is 0 Å². The van der Waals surface area contributed by atoms with Crippen LogP contribution >= 0.6 is 0 Å². The van der Waals surface area contributed by atoms with E-state index in [9.17, 15) is 0 Å². The molecule has 0 bridgehead atoms. The van der Waals surface area contributed by atoms with Gasteiger partial charge in [0, 0.05) is 0 Å². The normalized spacial score (nSPS) is 9.06. The first kappa shape index (κ1) is 10.7. The van der Waals surface area contributed by atoms with Crippen LogP contribution in [0.3, 0.4) is 0 Å². The van der Waals surface area contributed by atoms with E-state index in [2.05, 4.69) is 0 Å². The summed E-state index contributed by atoms with van der Waals surface area (Å²) in [5.41, 5.74) is 0.889. The van der Waals surface area contributed by atoms with Gasteiger partial charge in [-0.2, -0.15) is 10.5 Å². The highest BCUT2D eigenvalue weighted by molar-refractivity contribution is 5.49. The molecule has 0 heterocycles. The summed E-state index contributed by atoms with van der Waals surface area (Å²) in [4.78, 5) is 0. The molecular weight excluding hydrogens is 212 g/mol. The molecule has 0 spiro atoms. The molecule has 0 fully saturated rings. The molecule has 0 atom stereocenters. The second kappa shape index (κ2) is 4.83. The van der Waals surface area contributed by atoms with Gasteiger partial charge < -0.3 is 4.74 Å². The average Bonchev–Trinajstić information content (AvgIpc) is 2.40. The third kappa shape index (κ3) is 2.25. The Balaban J connectivity index is 2.40. The van der Waals surface area contributed by atoms with Gasteiger partial charge in [-0.3, -0.25) is 0 Å². The molecule has 0 aromatic heterocycles. The van der Waals surface area contributed by atoms with Crippen molar-refractivity contribution >= 4 is 0 Å². The summed E-state index contributed by atoms with van der Waals surface area (Å²) in [5, 5.41) is 17.9. The maximum Gasteiger partial charge on any atom is 0.145 e. The Morgan fingerprint density at radius 2 is 1.12 bits per heavy atom. The van der Waals surface area contributed by atoms with Gasteiger partial charge in [-0.05, 0) is 24.3 Å². The molecule has 3 heteroatoms. The molecule has 0 saturated heterocycles. The second-order valence-corrected chi connectivity index (χ2v) is 3.32. The molecule has 17 heavy (non-hydrogen) atoms. The predicted octanol–water partition coefficient (Wildman–Crippen LogP) is 3.22. The zero-order valence-electron chi connectivity index (χ0n) is 8.92. The van der Waals surface area contributed by atoms with E-state index in [1.165, 1.54) is 0 Å². The number of nitriles is 2. The Morgan fingerprint density at radius 3 is 1.53 bits per heavy atom. The summed E-state index contributed by atoms with van der Waals surface area (Å²) < 4.78 is 5.58. The first-order valence-corrected chi connectivity index (χ1v) is 5.01. The first-order chi connectivity index (χ1) is 8.35. The minimum Gasteiger partial charge on any atom is -0.455 e. The average molecular weight is 220 g/mol. The van der Waals surface area contributed by atoms with Crippen molar-refractivity contribution in [2.75, 3.05) is 0 Å². The van der Waals surface area contributed by atoms with Crippen LogP contribution in [0.5, 0.6) is 11.5 Å². The predicted molar refractivity (Wildman–Crippen MR) is 62.4 cm³/mol. The fourth-order valence-electron chi connectivity index (χ4n) is 1.41. The van der Waals surface area contributed by atoms with Crippen LogP contribution < -0.4 is 4.74 Å². The van der Waals surface area contributed by atoms with Crippen LogP contribution in [-0.4, -0.2) is 0 Å². The fraction of sp³-hybridized carbons (Fsp3) is 0. The Bertz CT molecular complexity index is 565. The topological polar surface area (TPSA) is 56.8 Å². The van der Waals surface area contributed by atoms with Gasteiger partial charge in [0.2, 0.25) is 0 Å². The van der Waals surface area contributed by atoms with Crippen molar-refractivity contribution in [3.05, 3.63) is 59.7 Å². The fourth-order valence-corrected chi connectivity index (χ4v) is 1.41. The van der Waals surface area contributed by atoms with Crippen molar-refractivity contribution in [2.45, 2.75) is 0 Å². The lowest BCUT2D eigenvalue weighted by Gasteiger charge is -2.07. The summed E-state index contributed by atoms with van der Waals surface area (Å²) >= 11 is 0. The van der Waals surface area contributed by atoms with Crippen molar-refractivity contribution in [3.8, 4) is 23.6 Å². The van der Waals surface area contributed by atoms with Crippen LogP contribution in [-0.2, 0) is 0 Å². The highest BCUT2D eigenvalue weighted by atomic mass is 16.5. The lowest BCUT2D eigenvalue weighted by molar-refractivity contribution is 0.479. The number of nitrogens with zero attached hydrogens (tertiary/aromatic N) is 2. The van der Waals surface area contributed by atoms with E-state index in [0.717, 1.165) is 0 Å². The van der Waals surface area contributed by atoms with Crippen molar-refractivity contribution in [1.82, 2.24) is 0 Å². The third-order valence-corrected chi connectivity index (χ3v) is 2.23. The smallest absolute Gasteiger partial charge is 0.145 e. The summed E-state index contributed by atoms with van der Waals surface area (Å²) in [6, 6.07) is 17.9. The molecule has 2 rings (SSSR count). The van der Waals surface area contributed by atoms with Gasteiger partial charge in [0.25, 0.3) is 0 Å². The van der Waals surface area contributed by atoms with Crippen LogP contribution in [0.1, 0.15) is 11.1 Å². The molecule has 2 aromatic carbocycles. The zero-order chi connectivity index (χ0) is 12.1. The number of hydrogen-bond acceptors (Lipinski definition) is 3. The summed E-state index contributed by atoms with van der Waals surface area (Å²) in [5.74, 6) is 0.912. The standard InChI is InChI=1S/C14H8N2O/c15-9-11-5-1-3-7-13(11)17-14-8-4-2-6-12(14)10-16/h1-8H. The zero-order valence-corrected chi connectivity index (χ0v) is 8.92. The number of ether oxygens (including phenoxy) is 1. The van der Waals surface area contributed by atoms with Crippen molar-refractivity contribution < 1.29 is 4.74 Å². The number of hydrogen-bond donors (Lipinski definition) is 0. The third-order valence-electron chi connectivity index (χ3n) is 2.23. The molecule has 0 aliphatic rings. The minimum atomic E-state index is 0.445. The van der Waals surface area contributed by atoms with Gasteiger partial charge in [-0.15, -0.1) is 0 Å². The highest BCUT2D eigenvalue weighted by Gasteiger charge is 2.06. The van der Waals surface area contributed by atoms with Gasteiger partial charge in [0.1, 0.15) is 23.6 Å². The maximum absolute atomic E-state index is 8.93. The summed E-state index contributed by atoms with van der Waals surface area (Å²) in [6.07, 6.45) is 0. The maximum atomic E-state index is 8.93. The Morgan fingerprint density at radius 1 is 0.706 bits per heavy atom. The monoisotopic (exact) mass is 220 g/mol. The van der Waals surface area contributed by atoms with E-state index in [0.29, 0.717) is 22.6 Å². The number of rotatable bonds is 2. The van der Waals surface area contributed by atoms with Crippen LogP contribution in [0.4, 0.5) is 0 Å². The Kier molecular flexibility index (Phi) is 3.05. The van der Waals surface area contributed by atoms with E-state index in [1.807, 2.05) is 12.1 Å². The molecular formula is C14H8N2O. The van der Waals surface area contributed by atoms with Crippen LogP contribution in [0.25, 0.3) is 0 Å². The Labute approximate surface area is 99.1 Å². The molecule has 0 saturated carbocycles. The second-order valence-electron chi connectivity index (χ2n) is 3.32. The van der Waals surface area contributed by atoms with E-state index in [1.54, 1.807) is 48.5 Å². The van der Waals surface area contributed by atoms with Crippen LogP contribution in [0, 0.1) is 22.7 Å². The molecule has 2 aromatic rings. The molecule has 0 aliphatic heterocycles. The van der Waals surface area contributed by atoms with E-state index < -0.39 is 0 Å². The molecule has 0 aliphatic carbocycles. The van der Waals surface area contributed by atoms with Crippen molar-refractivity contribution in [1.29, 1.82) is 10.5 Å². The van der Waals surface area contributed by atoms with Gasteiger partial charge >= 0.3 is 0 Å². The van der Waals surface area contributed by atoms with Crippen molar-refractivity contribution in [3.63, 3.8) is 0 Å². The SMILES string of the molecule is N#Cc1ccccc1Oc1ccccc1C#N. The first-order valence-electron chi connectivity index (χ1n) is 5.01. The lowest BCUT2D eigenvalue weighted by atomic mass is 10.2. The molecule has 80 valence electrons. The van der Waals surface area contributed by atoms with E-state index in [-0.39, 0.29) is 0 Å². The van der Waals surface area contributed by atoms with E-state index in [4.69, 9.17) is 15.3 Å². The van der Waals surface area contributed by atoms with Gasteiger partial charge in [-0.25, -0.2) is 0 Å². The lowest BCUT2D eigenvalue weighted by Crippen LogP contribution is -1.90. The molecule has 0 amide bonds. The molecule has 0 N–H and O–H groups in total. The minimum absolute atomic E-state index is 0.445. The van der Waals surface area contributed by atoms with Crippen LogP contribution in [0.2, 0.25) is 0 Å². The molecule has 0 unspecified atom stereocenters. The number of para-hydroxylation sites is 2. The quantitative estimate of drug-likeness (QED) is 0.780. The van der Waals surface area contributed by atoms with Crippen LogP contribution in [0.15, 0.2) is 48.5 Å². The number of benzene rings is 2. The highest BCUT2D eigenvalue weighted by Crippen LogP contribution is 2.27. The Hall–Kier alpha value is -2.78. The summed E-state index contributed by atoms with van der Waals surface area (Å²) in [7, 11) is 0. The largest absolute Gasteiger partial charge is 0.455 e. The van der Waals surface area contributed by atoms with Gasteiger partial charge in [0.15, 0.2) is 0 Å². The molecule has 0 radical (unpaired) electrons. The van der Waals surface area contributed by atoms with Gasteiger partial charge in [-0.1, -0.05) is 24.3 Å².